The Kier molecular flexibility index (Phi) is 2.02. The predicted octanol–water partition coefficient (Wildman–Crippen LogP) is 0.918. The van der Waals surface area contributed by atoms with Crippen molar-refractivity contribution in [1.29, 1.82) is 0 Å². The summed E-state index contributed by atoms with van der Waals surface area (Å²) in [6, 6.07) is 0. The molecule has 1 saturated carbocycles. The van der Waals surface area contributed by atoms with Crippen molar-refractivity contribution in [2.75, 3.05) is 0 Å². The Morgan fingerprint density at radius 2 is 2.10 bits per heavy atom. The van der Waals surface area contributed by atoms with Crippen molar-refractivity contribution in [1.82, 2.24) is 0 Å². The van der Waals surface area contributed by atoms with E-state index in [1.807, 2.05) is 13.8 Å². The van der Waals surface area contributed by atoms with E-state index in [2.05, 4.69) is 0 Å². The molecule has 0 heterocycles. The molecule has 0 aromatic carbocycles. The maximum atomic E-state index is 9.55. The Morgan fingerprint density at radius 3 is 2.50 bits per heavy atom. The van der Waals surface area contributed by atoms with Gasteiger partial charge in [-0.3, -0.25) is 0 Å². The van der Waals surface area contributed by atoms with Crippen molar-refractivity contribution >= 4 is 0 Å². The van der Waals surface area contributed by atoms with Gasteiger partial charge in [0, 0.05) is 0 Å². The van der Waals surface area contributed by atoms with Crippen molar-refractivity contribution in [3.63, 3.8) is 0 Å². The van der Waals surface area contributed by atoms with Crippen LogP contribution in [0.25, 0.3) is 0 Å². The van der Waals surface area contributed by atoms with Crippen LogP contribution in [-0.4, -0.2) is 21.9 Å². The fourth-order valence-electron chi connectivity index (χ4n) is 1.68. The normalized spacial score (nSPS) is 49.2. The first-order valence-electron chi connectivity index (χ1n) is 3.92. The molecule has 0 radical (unpaired) electrons. The van der Waals surface area contributed by atoms with E-state index in [0.717, 1.165) is 19.3 Å². The Balaban J connectivity index is 2.49. The molecule has 0 spiro atoms. The highest BCUT2D eigenvalue weighted by Crippen LogP contribution is 2.31. The van der Waals surface area contributed by atoms with Crippen LogP contribution in [0.4, 0.5) is 0 Å². The molecule has 1 aliphatic rings. The van der Waals surface area contributed by atoms with Gasteiger partial charge in [0.15, 0.2) is 0 Å². The highest BCUT2D eigenvalue weighted by molar-refractivity contribution is 4.84. The first-order chi connectivity index (χ1) is 4.51. The summed E-state index contributed by atoms with van der Waals surface area (Å²) in [5.74, 6) is 0.253. The van der Waals surface area contributed by atoms with Crippen LogP contribution >= 0.6 is 0 Å². The van der Waals surface area contributed by atoms with E-state index in [-0.39, 0.29) is 12.0 Å². The summed E-state index contributed by atoms with van der Waals surface area (Å²) in [5.41, 5.74) is -0.529. The summed E-state index contributed by atoms with van der Waals surface area (Å²) in [7, 11) is 0. The Morgan fingerprint density at radius 1 is 1.50 bits per heavy atom. The summed E-state index contributed by atoms with van der Waals surface area (Å²) in [5, 5.41) is 18.9. The first kappa shape index (κ1) is 8.02. The molecule has 0 saturated heterocycles. The lowest BCUT2D eigenvalue weighted by atomic mass is 9.78. The van der Waals surface area contributed by atoms with Crippen LogP contribution in [-0.2, 0) is 0 Å². The van der Waals surface area contributed by atoms with Gasteiger partial charge in [-0.1, -0.05) is 6.92 Å². The topological polar surface area (TPSA) is 40.5 Å². The van der Waals surface area contributed by atoms with E-state index in [4.69, 9.17) is 0 Å². The molecule has 10 heavy (non-hydrogen) atoms. The third kappa shape index (κ3) is 1.70. The fourth-order valence-corrected chi connectivity index (χ4v) is 1.68. The molecule has 1 fully saturated rings. The van der Waals surface area contributed by atoms with Crippen molar-refractivity contribution in [3.8, 4) is 0 Å². The maximum absolute atomic E-state index is 9.55. The van der Waals surface area contributed by atoms with E-state index in [0.29, 0.717) is 0 Å². The molecule has 1 rings (SSSR count). The van der Waals surface area contributed by atoms with Crippen molar-refractivity contribution in [3.05, 3.63) is 0 Å². The van der Waals surface area contributed by atoms with Crippen LogP contribution in [0.5, 0.6) is 0 Å². The van der Waals surface area contributed by atoms with Gasteiger partial charge in [-0.15, -0.1) is 0 Å². The molecule has 3 atom stereocenters. The summed E-state index contributed by atoms with van der Waals surface area (Å²) in [4.78, 5) is 0. The number of rotatable bonds is 0. The van der Waals surface area contributed by atoms with E-state index < -0.39 is 5.60 Å². The summed E-state index contributed by atoms with van der Waals surface area (Å²) < 4.78 is 0. The van der Waals surface area contributed by atoms with E-state index in [9.17, 15) is 10.2 Å². The second-order valence-electron chi connectivity index (χ2n) is 3.78. The predicted molar refractivity (Wildman–Crippen MR) is 39.6 cm³/mol. The monoisotopic (exact) mass is 144 g/mol. The third-order valence-corrected chi connectivity index (χ3v) is 2.40. The molecule has 60 valence electrons. The molecule has 0 aromatic rings. The standard InChI is InChI=1S/C8H16O2/c1-6-5-8(2,10)4-3-7(6)9/h6-7,9-10H,3-5H2,1-2H3/t6-,7+,8-/m0/s1. The number of aliphatic hydroxyl groups is 2. The smallest absolute Gasteiger partial charge is 0.0624 e. The molecule has 2 heteroatoms. The SMILES string of the molecule is C[C@H]1C[C@@](C)(O)CC[C@H]1O. The Hall–Kier alpha value is -0.0800. The molecule has 0 bridgehead atoms. The van der Waals surface area contributed by atoms with Gasteiger partial charge in [0.1, 0.15) is 0 Å². The molecule has 2 nitrogen and oxygen atoms in total. The zero-order valence-electron chi connectivity index (χ0n) is 6.67. The second kappa shape index (κ2) is 2.51. The minimum Gasteiger partial charge on any atom is -0.393 e. The lowest BCUT2D eigenvalue weighted by Crippen LogP contribution is -2.37. The van der Waals surface area contributed by atoms with Gasteiger partial charge >= 0.3 is 0 Å². The van der Waals surface area contributed by atoms with Gasteiger partial charge in [-0.2, -0.15) is 0 Å². The number of hydrogen-bond donors (Lipinski definition) is 2. The molecule has 0 unspecified atom stereocenters. The Bertz CT molecular complexity index is 120. The minimum atomic E-state index is -0.529. The van der Waals surface area contributed by atoms with Crippen LogP contribution in [0.15, 0.2) is 0 Å². The van der Waals surface area contributed by atoms with Crippen molar-refractivity contribution < 1.29 is 10.2 Å². The highest BCUT2D eigenvalue weighted by atomic mass is 16.3. The maximum Gasteiger partial charge on any atom is 0.0624 e. The molecule has 1 aliphatic carbocycles. The van der Waals surface area contributed by atoms with Gasteiger partial charge in [0.05, 0.1) is 11.7 Å². The van der Waals surface area contributed by atoms with Gasteiger partial charge in [-0.25, -0.2) is 0 Å². The summed E-state index contributed by atoms with van der Waals surface area (Å²) in [6.07, 6.45) is 2.01. The van der Waals surface area contributed by atoms with Crippen LogP contribution < -0.4 is 0 Å². The average molecular weight is 144 g/mol. The van der Waals surface area contributed by atoms with Crippen LogP contribution in [0, 0.1) is 5.92 Å². The highest BCUT2D eigenvalue weighted by Gasteiger charge is 2.32. The molecular weight excluding hydrogens is 128 g/mol. The van der Waals surface area contributed by atoms with Gasteiger partial charge in [0.2, 0.25) is 0 Å². The van der Waals surface area contributed by atoms with E-state index >= 15 is 0 Å². The molecule has 0 aromatic heterocycles. The minimum absolute atomic E-state index is 0.194. The zero-order valence-corrected chi connectivity index (χ0v) is 6.67. The molecule has 0 aliphatic heterocycles. The van der Waals surface area contributed by atoms with E-state index in [1.54, 1.807) is 0 Å². The lowest BCUT2D eigenvalue weighted by Gasteiger charge is -2.35. The average Bonchev–Trinajstić information content (AvgIpc) is 1.79. The van der Waals surface area contributed by atoms with Crippen molar-refractivity contribution in [2.24, 2.45) is 5.92 Å². The van der Waals surface area contributed by atoms with Crippen LogP contribution in [0.3, 0.4) is 0 Å². The molecule has 2 N–H and O–H groups in total. The number of aliphatic hydroxyl groups excluding tert-OH is 1. The Labute approximate surface area is 61.9 Å². The number of hydrogen-bond acceptors (Lipinski definition) is 2. The summed E-state index contributed by atoms with van der Waals surface area (Å²) >= 11 is 0. The summed E-state index contributed by atoms with van der Waals surface area (Å²) in [6.45, 7) is 3.83. The lowest BCUT2D eigenvalue weighted by molar-refractivity contribution is -0.0468. The second-order valence-corrected chi connectivity index (χ2v) is 3.78. The largest absolute Gasteiger partial charge is 0.393 e. The quantitative estimate of drug-likeness (QED) is 0.530. The molecule has 0 amide bonds. The van der Waals surface area contributed by atoms with Crippen molar-refractivity contribution in [2.45, 2.75) is 44.8 Å². The van der Waals surface area contributed by atoms with Gasteiger partial charge < -0.3 is 10.2 Å². The fraction of sp³-hybridized carbons (Fsp3) is 1.00. The zero-order chi connectivity index (χ0) is 7.78. The van der Waals surface area contributed by atoms with Gasteiger partial charge in [0.25, 0.3) is 0 Å². The third-order valence-electron chi connectivity index (χ3n) is 2.40. The van der Waals surface area contributed by atoms with Crippen LogP contribution in [0.2, 0.25) is 0 Å². The van der Waals surface area contributed by atoms with Gasteiger partial charge in [-0.05, 0) is 32.1 Å². The van der Waals surface area contributed by atoms with E-state index in [1.165, 1.54) is 0 Å². The first-order valence-corrected chi connectivity index (χ1v) is 3.92. The van der Waals surface area contributed by atoms with Crippen LogP contribution in [0.1, 0.15) is 33.1 Å². The molecular formula is C8H16O2.